The average Bonchev–Trinajstić information content (AvgIpc) is 2.70. The van der Waals surface area contributed by atoms with Gasteiger partial charge in [0.2, 0.25) is 0 Å². The van der Waals surface area contributed by atoms with Crippen molar-refractivity contribution in [1.82, 2.24) is 9.78 Å². The smallest absolute Gasteiger partial charge is 0.0649 e. The molecule has 4 heteroatoms. The lowest BCUT2D eigenvalue weighted by atomic mass is 10.1. The minimum atomic E-state index is 0.241. The summed E-state index contributed by atoms with van der Waals surface area (Å²) in [6, 6.07) is 4.61. The Morgan fingerprint density at radius 2 is 1.76 bits per heavy atom. The van der Waals surface area contributed by atoms with Crippen LogP contribution in [-0.4, -0.2) is 9.78 Å². The Labute approximate surface area is 135 Å². The molecule has 0 aliphatic carbocycles. The van der Waals surface area contributed by atoms with Gasteiger partial charge in [0.25, 0.3) is 0 Å². The molecule has 0 bridgehead atoms. The van der Waals surface area contributed by atoms with E-state index >= 15 is 0 Å². The monoisotopic (exact) mass is 349 g/mol. The average molecular weight is 350 g/mol. The van der Waals surface area contributed by atoms with Crippen molar-refractivity contribution in [3.8, 4) is 0 Å². The van der Waals surface area contributed by atoms with Gasteiger partial charge >= 0.3 is 0 Å². The number of benzene rings is 1. The summed E-state index contributed by atoms with van der Waals surface area (Å²) in [7, 11) is 0. The van der Waals surface area contributed by atoms with E-state index in [0.29, 0.717) is 0 Å². The first-order valence-electron chi connectivity index (χ1n) is 7.42. The zero-order valence-corrected chi connectivity index (χ0v) is 15.3. The number of hydrogen-bond acceptors (Lipinski definition) is 2. The van der Waals surface area contributed by atoms with Gasteiger partial charge in [0.15, 0.2) is 0 Å². The molecule has 0 saturated carbocycles. The molecule has 114 valence electrons. The maximum atomic E-state index is 4.61. The number of anilines is 1. The van der Waals surface area contributed by atoms with Crippen molar-refractivity contribution in [2.75, 3.05) is 5.32 Å². The molecule has 3 nitrogen and oxygen atoms in total. The second-order valence-corrected chi connectivity index (χ2v) is 6.48. The highest BCUT2D eigenvalue weighted by Gasteiger charge is 2.17. The summed E-state index contributed by atoms with van der Waals surface area (Å²) in [4.78, 5) is 0. The van der Waals surface area contributed by atoms with Crippen LogP contribution in [0.15, 0.2) is 16.6 Å². The Hall–Kier alpha value is -1.29. The first-order chi connectivity index (χ1) is 9.85. The van der Waals surface area contributed by atoms with Gasteiger partial charge in [-0.15, -0.1) is 0 Å². The molecule has 0 saturated heterocycles. The van der Waals surface area contributed by atoms with Gasteiger partial charge in [-0.3, -0.25) is 4.68 Å². The second-order valence-electron chi connectivity index (χ2n) is 5.69. The Balaban J connectivity index is 2.30. The van der Waals surface area contributed by atoms with Gasteiger partial charge in [0.1, 0.15) is 0 Å². The van der Waals surface area contributed by atoms with E-state index in [1.165, 1.54) is 26.9 Å². The fourth-order valence-electron chi connectivity index (χ4n) is 3.00. The molecule has 1 aromatic heterocycles. The third-order valence-corrected chi connectivity index (χ3v) is 5.24. The van der Waals surface area contributed by atoms with Gasteiger partial charge < -0.3 is 5.32 Å². The SMILES string of the molecule is CCn1nc(C)c(C(C)Nc2cc(C)c(Br)c(C)c2)c1C. The molecule has 1 atom stereocenters. The van der Waals surface area contributed by atoms with E-state index in [1.807, 2.05) is 0 Å². The molecule has 1 heterocycles. The molecule has 1 N–H and O–H groups in total. The molecular formula is C17H24BrN3. The molecule has 0 radical (unpaired) electrons. The fraction of sp³-hybridized carbons (Fsp3) is 0.471. The van der Waals surface area contributed by atoms with Crippen molar-refractivity contribution >= 4 is 21.6 Å². The van der Waals surface area contributed by atoms with E-state index in [2.05, 4.69) is 84.7 Å². The Morgan fingerprint density at radius 3 is 2.24 bits per heavy atom. The van der Waals surface area contributed by atoms with Crippen LogP contribution in [0, 0.1) is 27.7 Å². The number of rotatable bonds is 4. The fourth-order valence-corrected chi connectivity index (χ4v) is 3.23. The quantitative estimate of drug-likeness (QED) is 0.834. The summed E-state index contributed by atoms with van der Waals surface area (Å²) >= 11 is 3.62. The zero-order valence-electron chi connectivity index (χ0n) is 13.7. The molecular weight excluding hydrogens is 326 g/mol. The lowest BCUT2D eigenvalue weighted by Gasteiger charge is -2.18. The van der Waals surface area contributed by atoms with Crippen LogP contribution in [0.2, 0.25) is 0 Å². The normalized spacial score (nSPS) is 12.5. The summed E-state index contributed by atoms with van der Waals surface area (Å²) in [6.45, 7) is 13.7. The van der Waals surface area contributed by atoms with Gasteiger partial charge in [-0.2, -0.15) is 5.10 Å². The number of halogens is 1. The molecule has 1 unspecified atom stereocenters. The predicted molar refractivity (Wildman–Crippen MR) is 93.0 cm³/mol. The van der Waals surface area contributed by atoms with Crippen LogP contribution < -0.4 is 5.32 Å². The zero-order chi connectivity index (χ0) is 15.7. The molecule has 21 heavy (non-hydrogen) atoms. The Bertz CT molecular complexity index is 635. The molecule has 0 spiro atoms. The third kappa shape index (κ3) is 3.15. The van der Waals surface area contributed by atoms with Crippen LogP contribution in [0.4, 0.5) is 5.69 Å². The summed E-state index contributed by atoms with van der Waals surface area (Å²) < 4.78 is 3.26. The number of nitrogens with zero attached hydrogens (tertiary/aromatic N) is 2. The van der Waals surface area contributed by atoms with Crippen molar-refractivity contribution in [3.63, 3.8) is 0 Å². The van der Waals surface area contributed by atoms with Crippen LogP contribution >= 0.6 is 15.9 Å². The van der Waals surface area contributed by atoms with E-state index in [1.54, 1.807) is 0 Å². The summed E-state index contributed by atoms with van der Waals surface area (Å²) in [5, 5.41) is 8.22. The van der Waals surface area contributed by atoms with E-state index in [0.717, 1.165) is 17.9 Å². The van der Waals surface area contributed by atoms with E-state index in [4.69, 9.17) is 0 Å². The number of aromatic nitrogens is 2. The maximum Gasteiger partial charge on any atom is 0.0649 e. The standard InChI is InChI=1S/C17H24BrN3/c1-7-21-14(6)16(13(5)20-21)12(4)19-15-8-10(2)17(18)11(3)9-15/h8-9,12,19H,7H2,1-6H3. The minimum Gasteiger partial charge on any atom is -0.378 e. The lowest BCUT2D eigenvalue weighted by molar-refractivity contribution is 0.632. The number of hydrogen-bond donors (Lipinski definition) is 1. The minimum absolute atomic E-state index is 0.241. The van der Waals surface area contributed by atoms with Gasteiger partial charge in [0, 0.05) is 28.0 Å². The largest absolute Gasteiger partial charge is 0.378 e. The predicted octanol–water partition coefficient (Wildman–Crippen LogP) is 5.07. The first kappa shape index (κ1) is 16.1. The van der Waals surface area contributed by atoms with Crippen LogP contribution in [0.5, 0.6) is 0 Å². The van der Waals surface area contributed by atoms with E-state index in [-0.39, 0.29) is 6.04 Å². The molecule has 0 aliphatic heterocycles. The van der Waals surface area contributed by atoms with Crippen LogP contribution in [-0.2, 0) is 6.54 Å². The summed E-state index contributed by atoms with van der Waals surface area (Å²) in [6.07, 6.45) is 0. The highest BCUT2D eigenvalue weighted by molar-refractivity contribution is 9.10. The van der Waals surface area contributed by atoms with E-state index < -0.39 is 0 Å². The maximum absolute atomic E-state index is 4.61. The van der Waals surface area contributed by atoms with Crippen LogP contribution in [0.25, 0.3) is 0 Å². The van der Waals surface area contributed by atoms with Gasteiger partial charge in [0.05, 0.1) is 11.7 Å². The molecule has 2 rings (SSSR count). The highest BCUT2D eigenvalue weighted by atomic mass is 79.9. The van der Waals surface area contributed by atoms with Gasteiger partial charge in [-0.1, -0.05) is 15.9 Å². The van der Waals surface area contributed by atoms with Gasteiger partial charge in [-0.05, 0) is 64.8 Å². The van der Waals surface area contributed by atoms with Crippen LogP contribution in [0.3, 0.4) is 0 Å². The topological polar surface area (TPSA) is 29.9 Å². The lowest BCUT2D eigenvalue weighted by Crippen LogP contribution is -2.09. The summed E-state index contributed by atoms with van der Waals surface area (Å²) in [5.74, 6) is 0. The second kappa shape index (κ2) is 6.22. The van der Waals surface area contributed by atoms with Crippen molar-refractivity contribution in [1.29, 1.82) is 0 Å². The first-order valence-corrected chi connectivity index (χ1v) is 8.21. The highest BCUT2D eigenvalue weighted by Crippen LogP contribution is 2.29. The third-order valence-electron chi connectivity index (χ3n) is 3.99. The molecule has 0 fully saturated rings. The molecule has 2 aromatic rings. The molecule has 1 aromatic carbocycles. The number of nitrogens with one attached hydrogen (secondary N) is 1. The van der Waals surface area contributed by atoms with Crippen molar-refractivity contribution in [2.24, 2.45) is 0 Å². The van der Waals surface area contributed by atoms with Crippen LogP contribution in [0.1, 0.15) is 48.0 Å². The van der Waals surface area contributed by atoms with Crippen molar-refractivity contribution in [3.05, 3.63) is 44.7 Å². The molecule has 0 amide bonds. The number of aryl methyl sites for hydroxylation is 4. The van der Waals surface area contributed by atoms with Crippen molar-refractivity contribution in [2.45, 2.75) is 54.1 Å². The van der Waals surface area contributed by atoms with Gasteiger partial charge in [-0.25, -0.2) is 0 Å². The Kier molecular flexibility index (Phi) is 4.77. The molecule has 0 aliphatic rings. The summed E-state index contributed by atoms with van der Waals surface area (Å²) in [5.41, 5.74) is 7.32. The van der Waals surface area contributed by atoms with E-state index in [9.17, 15) is 0 Å². The van der Waals surface area contributed by atoms with Crippen molar-refractivity contribution < 1.29 is 0 Å². The Morgan fingerprint density at radius 1 is 1.19 bits per heavy atom.